The van der Waals surface area contributed by atoms with Crippen molar-refractivity contribution in [2.45, 2.75) is 31.8 Å². The van der Waals surface area contributed by atoms with Crippen LogP contribution in [0.2, 0.25) is 0 Å². The van der Waals surface area contributed by atoms with Crippen LogP contribution in [0.3, 0.4) is 0 Å². The standard InChI is InChI=1S/C11H18N4O3/c1-7(2)12-5-8(16)15-4-3-11(6-15)9(17)13-10(18)14-11/h7,12H,3-6H2,1-2H3,(H2,13,14,17,18). The van der Waals surface area contributed by atoms with E-state index in [2.05, 4.69) is 16.0 Å². The van der Waals surface area contributed by atoms with Gasteiger partial charge in [0.15, 0.2) is 0 Å². The van der Waals surface area contributed by atoms with Gasteiger partial charge in [-0.2, -0.15) is 0 Å². The molecular weight excluding hydrogens is 236 g/mol. The van der Waals surface area contributed by atoms with Gasteiger partial charge in [-0.15, -0.1) is 0 Å². The van der Waals surface area contributed by atoms with Gasteiger partial charge in [-0.3, -0.25) is 14.9 Å². The number of nitrogens with zero attached hydrogens (tertiary/aromatic N) is 1. The second-order valence-corrected chi connectivity index (χ2v) is 5.09. The van der Waals surface area contributed by atoms with Gasteiger partial charge in [0.25, 0.3) is 5.91 Å². The molecule has 1 atom stereocenters. The maximum atomic E-state index is 11.9. The van der Waals surface area contributed by atoms with Crippen LogP contribution in [0.1, 0.15) is 20.3 Å². The number of amides is 4. The number of imide groups is 1. The molecule has 2 heterocycles. The van der Waals surface area contributed by atoms with Crippen LogP contribution in [0.4, 0.5) is 4.79 Å². The second kappa shape index (κ2) is 4.56. The first-order chi connectivity index (χ1) is 8.43. The van der Waals surface area contributed by atoms with Crippen LogP contribution in [0.15, 0.2) is 0 Å². The summed E-state index contributed by atoms with van der Waals surface area (Å²) in [4.78, 5) is 36.4. The molecule has 0 saturated carbocycles. The molecule has 2 fully saturated rings. The van der Waals surface area contributed by atoms with Gasteiger partial charge in [-0.25, -0.2) is 4.79 Å². The van der Waals surface area contributed by atoms with E-state index in [4.69, 9.17) is 0 Å². The van der Waals surface area contributed by atoms with E-state index in [9.17, 15) is 14.4 Å². The van der Waals surface area contributed by atoms with Gasteiger partial charge in [0.2, 0.25) is 5.91 Å². The minimum absolute atomic E-state index is 0.0467. The molecule has 0 aliphatic carbocycles. The largest absolute Gasteiger partial charge is 0.339 e. The molecule has 1 unspecified atom stereocenters. The van der Waals surface area contributed by atoms with Crippen molar-refractivity contribution in [1.29, 1.82) is 0 Å². The Morgan fingerprint density at radius 3 is 2.78 bits per heavy atom. The molecule has 2 saturated heterocycles. The van der Waals surface area contributed by atoms with Crippen LogP contribution >= 0.6 is 0 Å². The maximum Gasteiger partial charge on any atom is 0.322 e. The number of urea groups is 1. The van der Waals surface area contributed by atoms with Gasteiger partial charge in [-0.05, 0) is 6.42 Å². The lowest BCUT2D eigenvalue weighted by Crippen LogP contribution is -2.50. The quantitative estimate of drug-likeness (QED) is 0.551. The molecule has 2 rings (SSSR count). The lowest BCUT2D eigenvalue weighted by Gasteiger charge is -2.21. The molecule has 18 heavy (non-hydrogen) atoms. The van der Waals surface area contributed by atoms with E-state index in [1.165, 1.54) is 0 Å². The van der Waals surface area contributed by atoms with E-state index in [0.717, 1.165) is 0 Å². The number of nitrogens with one attached hydrogen (secondary N) is 3. The summed E-state index contributed by atoms with van der Waals surface area (Å²) in [6, 6.07) is -0.241. The molecule has 0 radical (unpaired) electrons. The molecule has 3 N–H and O–H groups in total. The molecule has 0 bridgehead atoms. The summed E-state index contributed by atoms with van der Waals surface area (Å²) in [5.41, 5.74) is -0.912. The molecule has 7 heteroatoms. The summed E-state index contributed by atoms with van der Waals surface area (Å²) in [5, 5.41) is 7.87. The van der Waals surface area contributed by atoms with Crippen LogP contribution in [-0.4, -0.2) is 54.0 Å². The fourth-order valence-electron chi connectivity index (χ4n) is 2.24. The monoisotopic (exact) mass is 254 g/mol. The van der Waals surface area contributed by atoms with Crippen LogP contribution < -0.4 is 16.0 Å². The Labute approximate surface area is 105 Å². The Balaban J connectivity index is 1.94. The molecule has 0 aromatic carbocycles. The molecule has 4 amide bonds. The van der Waals surface area contributed by atoms with E-state index >= 15 is 0 Å². The molecular formula is C11H18N4O3. The van der Waals surface area contributed by atoms with Crippen molar-refractivity contribution in [3.8, 4) is 0 Å². The van der Waals surface area contributed by atoms with Crippen LogP contribution in [-0.2, 0) is 9.59 Å². The van der Waals surface area contributed by atoms with Gasteiger partial charge in [0.05, 0.1) is 13.1 Å². The molecule has 1 spiro atoms. The second-order valence-electron chi connectivity index (χ2n) is 5.09. The summed E-state index contributed by atoms with van der Waals surface area (Å²) in [5.74, 6) is -0.380. The summed E-state index contributed by atoms with van der Waals surface area (Å²) in [6.45, 7) is 4.92. The minimum Gasteiger partial charge on any atom is -0.339 e. The summed E-state index contributed by atoms with van der Waals surface area (Å²) >= 11 is 0. The Morgan fingerprint density at radius 1 is 1.50 bits per heavy atom. The first kappa shape index (κ1) is 12.8. The molecule has 2 aliphatic rings. The van der Waals surface area contributed by atoms with Crippen molar-refractivity contribution in [3.63, 3.8) is 0 Å². The number of hydrogen-bond acceptors (Lipinski definition) is 4. The number of carbonyl (C=O) groups excluding carboxylic acids is 3. The highest BCUT2D eigenvalue weighted by molar-refractivity contribution is 6.07. The van der Waals surface area contributed by atoms with Gasteiger partial charge >= 0.3 is 6.03 Å². The smallest absolute Gasteiger partial charge is 0.322 e. The molecule has 0 aromatic heterocycles. The van der Waals surface area contributed by atoms with E-state index in [0.29, 0.717) is 13.0 Å². The number of carbonyl (C=O) groups is 3. The predicted molar refractivity (Wildman–Crippen MR) is 63.7 cm³/mol. The Bertz CT molecular complexity index is 396. The first-order valence-electron chi connectivity index (χ1n) is 6.08. The summed E-state index contributed by atoms with van der Waals surface area (Å²) < 4.78 is 0. The summed E-state index contributed by atoms with van der Waals surface area (Å²) in [6.07, 6.45) is 0.470. The zero-order valence-corrected chi connectivity index (χ0v) is 10.6. The Kier molecular flexibility index (Phi) is 3.25. The fourth-order valence-corrected chi connectivity index (χ4v) is 2.24. The SMILES string of the molecule is CC(C)NCC(=O)N1CCC2(C1)NC(=O)NC2=O. The van der Waals surface area contributed by atoms with Gasteiger partial charge < -0.3 is 15.5 Å². The highest BCUT2D eigenvalue weighted by atomic mass is 16.2. The zero-order valence-electron chi connectivity index (χ0n) is 10.6. The van der Waals surface area contributed by atoms with Crippen LogP contribution in [0.5, 0.6) is 0 Å². The third-order valence-electron chi connectivity index (χ3n) is 3.30. The highest BCUT2D eigenvalue weighted by Gasteiger charge is 2.51. The lowest BCUT2D eigenvalue weighted by molar-refractivity contribution is -0.130. The molecule has 0 aromatic rings. The van der Waals surface area contributed by atoms with Crippen molar-refractivity contribution in [3.05, 3.63) is 0 Å². The van der Waals surface area contributed by atoms with Crippen LogP contribution in [0.25, 0.3) is 0 Å². The lowest BCUT2D eigenvalue weighted by atomic mass is 10.00. The van der Waals surface area contributed by atoms with E-state index in [-0.39, 0.29) is 30.9 Å². The third-order valence-corrected chi connectivity index (χ3v) is 3.30. The maximum absolute atomic E-state index is 11.9. The summed E-state index contributed by atoms with van der Waals surface area (Å²) in [7, 11) is 0. The minimum atomic E-state index is -0.912. The number of hydrogen-bond donors (Lipinski definition) is 3. The average Bonchev–Trinajstić information content (AvgIpc) is 2.81. The Morgan fingerprint density at radius 2 is 2.22 bits per heavy atom. The van der Waals surface area contributed by atoms with Crippen molar-refractivity contribution in [2.75, 3.05) is 19.6 Å². The topological polar surface area (TPSA) is 90.5 Å². The number of likely N-dealkylation sites (tertiary alicyclic amines) is 1. The predicted octanol–water partition coefficient (Wildman–Crippen LogP) is -1.21. The highest BCUT2D eigenvalue weighted by Crippen LogP contribution is 2.24. The van der Waals surface area contributed by atoms with E-state index in [1.807, 2.05) is 13.8 Å². The Hall–Kier alpha value is -1.63. The van der Waals surface area contributed by atoms with Crippen molar-refractivity contribution in [1.82, 2.24) is 20.9 Å². The van der Waals surface area contributed by atoms with Crippen LogP contribution in [0, 0.1) is 0 Å². The molecule has 2 aliphatic heterocycles. The van der Waals surface area contributed by atoms with E-state index < -0.39 is 11.6 Å². The van der Waals surface area contributed by atoms with Crippen molar-refractivity contribution < 1.29 is 14.4 Å². The molecule has 100 valence electrons. The van der Waals surface area contributed by atoms with Gasteiger partial charge in [-0.1, -0.05) is 13.8 Å². The van der Waals surface area contributed by atoms with Crippen molar-refractivity contribution >= 4 is 17.8 Å². The third kappa shape index (κ3) is 2.31. The number of rotatable bonds is 3. The first-order valence-corrected chi connectivity index (χ1v) is 6.08. The molecule has 7 nitrogen and oxygen atoms in total. The van der Waals surface area contributed by atoms with Gasteiger partial charge in [0.1, 0.15) is 5.54 Å². The fraction of sp³-hybridized carbons (Fsp3) is 0.727. The zero-order chi connectivity index (χ0) is 13.3. The van der Waals surface area contributed by atoms with E-state index in [1.54, 1.807) is 4.90 Å². The van der Waals surface area contributed by atoms with Gasteiger partial charge in [0, 0.05) is 12.6 Å². The van der Waals surface area contributed by atoms with Crippen molar-refractivity contribution in [2.24, 2.45) is 0 Å². The average molecular weight is 254 g/mol. The normalized spacial score (nSPS) is 26.9.